The lowest BCUT2D eigenvalue weighted by Gasteiger charge is -2.27. The van der Waals surface area contributed by atoms with E-state index >= 15 is 0 Å². The van der Waals surface area contributed by atoms with E-state index in [2.05, 4.69) is 35.5 Å². The Morgan fingerprint density at radius 1 is 1.25 bits per heavy atom. The van der Waals surface area contributed by atoms with Crippen LogP contribution in [0.15, 0.2) is 18.2 Å². The number of ether oxygens (including phenoxy) is 1. The highest BCUT2D eigenvalue weighted by Crippen LogP contribution is 2.19. The van der Waals surface area contributed by atoms with Crippen molar-refractivity contribution in [2.24, 2.45) is 5.92 Å². The SMILES string of the molecule is CN(Cc1ccc2c(c1)CNCC2)CC1CCOCC1. The third kappa shape index (κ3) is 3.60. The van der Waals surface area contributed by atoms with E-state index in [1.54, 1.807) is 0 Å². The number of nitrogens with zero attached hydrogens (tertiary/aromatic N) is 1. The molecule has 1 aromatic carbocycles. The molecule has 0 aliphatic carbocycles. The monoisotopic (exact) mass is 274 g/mol. The first-order chi connectivity index (χ1) is 9.81. The average molecular weight is 274 g/mol. The zero-order valence-corrected chi connectivity index (χ0v) is 12.5. The molecule has 0 spiro atoms. The van der Waals surface area contributed by atoms with Gasteiger partial charge in [-0.2, -0.15) is 0 Å². The highest BCUT2D eigenvalue weighted by molar-refractivity contribution is 5.33. The fourth-order valence-electron chi connectivity index (χ4n) is 3.38. The van der Waals surface area contributed by atoms with Crippen molar-refractivity contribution in [1.82, 2.24) is 10.2 Å². The summed E-state index contributed by atoms with van der Waals surface area (Å²) in [5.41, 5.74) is 4.47. The molecule has 110 valence electrons. The molecule has 3 heteroatoms. The molecule has 0 atom stereocenters. The van der Waals surface area contributed by atoms with Gasteiger partial charge in [-0.1, -0.05) is 18.2 Å². The van der Waals surface area contributed by atoms with Crippen molar-refractivity contribution in [2.75, 3.05) is 33.4 Å². The first kappa shape index (κ1) is 14.1. The molecule has 0 saturated carbocycles. The van der Waals surface area contributed by atoms with Crippen molar-refractivity contribution in [3.05, 3.63) is 34.9 Å². The van der Waals surface area contributed by atoms with E-state index in [9.17, 15) is 0 Å². The van der Waals surface area contributed by atoms with Crippen LogP contribution in [0, 0.1) is 5.92 Å². The Morgan fingerprint density at radius 2 is 2.10 bits per heavy atom. The summed E-state index contributed by atoms with van der Waals surface area (Å²) in [7, 11) is 2.24. The second kappa shape index (κ2) is 6.70. The summed E-state index contributed by atoms with van der Waals surface area (Å²) in [5, 5.41) is 3.46. The smallest absolute Gasteiger partial charge is 0.0469 e. The van der Waals surface area contributed by atoms with Gasteiger partial charge in [0.1, 0.15) is 0 Å². The van der Waals surface area contributed by atoms with Gasteiger partial charge in [0.15, 0.2) is 0 Å². The third-order valence-corrected chi connectivity index (χ3v) is 4.52. The van der Waals surface area contributed by atoms with Gasteiger partial charge in [-0.05, 0) is 55.5 Å². The quantitative estimate of drug-likeness (QED) is 0.911. The van der Waals surface area contributed by atoms with Gasteiger partial charge in [0.2, 0.25) is 0 Å². The molecular weight excluding hydrogens is 248 g/mol. The molecule has 2 aliphatic rings. The summed E-state index contributed by atoms with van der Waals surface area (Å²) < 4.78 is 5.44. The molecule has 0 unspecified atom stereocenters. The Labute approximate surface area is 122 Å². The molecule has 1 N–H and O–H groups in total. The summed E-state index contributed by atoms with van der Waals surface area (Å²) >= 11 is 0. The Bertz CT molecular complexity index is 441. The molecule has 2 heterocycles. The lowest BCUT2D eigenvalue weighted by Crippen LogP contribution is -2.29. The topological polar surface area (TPSA) is 24.5 Å². The maximum absolute atomic E-state index is 5.44. The van der Waals surface area contributed by atoms with Gasteiger partial charge in [0.05, 0.1) is 0 Å². The molecule has 2 aliphatic heterocycles. The Kier molecular flexibility index (Phi) is 4.71. The van der Waals surface area contributed by atoms with Crippen LogP contribution < -0.4 is 5.32 Å². The fourth-order valence-corrected chi connectivity index (χ4v) is 3.38. The molecule has 0 amide bonds. The van der Waals surface area contributed by atoms with Crippen LogP contribution in [0.1, 0.15) is 29.5 Å². The number of hydrogen-bond acceptors (Lipinski definition) is 3. The van der Waals surface area contributed by atoms with E-state index in [-0.39, 0.29) is 0 Å². The number of fused-ring (bicyclic) bond motifs is 1. The van der Waals surface area contributed by atoms with Gasteiger partial charge in [-0.15, -0.1) is 0 Å². The summed E-state index contributed by atoms with van der Waals surface area (Å²) in [6.07, 6.45) is 3.62. The van der Waals surface area contributed by atoms with Gasteiger partial charge < -0.3 is 15.0 Å². The number of benzene rings is 1. The summed E-state index contributed by atoms with van der Waals surface area (Å²) in [6, 6.07) is 7.03. The van der Waals surface area contributed by atoms with Gasteiger partial charge >= 0.3 is 0 Å². The zero-order chi connectivity index (χ0) is 13.8. The maximum Gasteiger partial charge on any atom is 0.0469 e. The normalized spacial score (nSPS) is 20.1. The van der Waals surface area contributed by atoms with Crippen LogP contribution in [-0.4, -0.2) is 38.3 Å². The predicted octanol–water partition coefficient (Wildman–Crippen LogP) is 2.19. The average Bonchev–Trinajstić information content (AvgIpc) is 2.48. The van der Waals surface area contributed by atoms with Crippen LogP contribution in [0.25, 0.3) is 0 Å². The highest BCUT2D eigenvalue weighted by Gasteiger charge is 2.16. The van der Waals surface area contributed by atoms with Crippen molar-refractivity contribution in [1.29, 1.82) is 0 Å². The maximum atomic E-state index is 5.44. The Balaban J connectivity index is 1.56. The number of hydrogen-bond donors (Lipinski definition) is 1. The molecule has 3 nitrogen and oxygen atoms in total. The highest BCUT2D eigenvalue weighted by atomic mass is 16.5. The lowest BCUT2D eigenvalue weighted by molar-refractivity contribution is 0.0549. The standard InChI is InChI=1S/C17H26N2O/c1-19(12-14-5-8-20-9-6-14)13-15-2-3-16-4-7-18-11-17(16)10-15/h2-3,10,14,18H,4-9,11-13H2,1H3. The van der Waals surface area contributed by atoms with Crippen LogP contribution in [0.3, 0.4) is 0 Å². The Hall–Kier alpha value is -0.900. The molecular formula is C17H26N2O. The molecule has 3 rings (SSSR count). The van der Waals surface area contributed by atoms with Crippen LogP contribution in [-0.2, 0) is 24.2 Å². The minimum Gasteiger partial charge on any atom is -0.381 e. The summed E-state index contributed by atoms with van der Waals surface area (Å²) in [6.45, 7) is 6.30. The van der Waals surface area contributed by atoms with Gasteiger partial charge in [0.25, 0.3) is 0 Å². The minimum absolute atomic E-state index is 0.813. The second-order valence-electron chi connectivity index (χ2n) is 6.28. The molecule has 20 heavy (non-hydrogen) atoms. The van der Waals surface area contributed by atoms with E-state index in [0.29, 0.717) is 0 Å². The van der Waals surface area contributed by atoms with Crippen molar-refractivity contribution in [3.63, 3.8) is 0 Å². The molecule has 1 aromatic rings. The summed E-state index contributed by atoms with van der Waals surface area (Å²) in [4.78, 5) is 2.47. The van der Waals surface area contributed by atoms with Crippen LogP contribution in [0.5, 0.6) is 0 Å². The zero-order valence-electron chi connectivity index (χ0n) is 12.5. The van der Waals surface area contributed by atoms with E-state index in [4.69, 9.17) is 4.74 Å². The molecule has 0 aromatic heterocycles. The fraction of sp³-hybridized carbons (Fsp3) is 0.647. The first-order valence-electron chi connectivity index (χ1n) is 7.89. The summed E-state index contributed by atoms with van der Waals surface area (Å²) in [5.74, 6) is 0.813. The van der Waals surface area contributed by atoms with E-state index in [0.717, 1.165) is 38.8 Å². The van der Waals surface area contributed by atoms with E-state index in [1.165, 1.54) is 42.5 Å². The molecule has 0 bridgehead atoms. The number of nitrogens with one attached hydrogen (secondary N) is 1. The van der Waals surface area contributed by atoms with Gasteiger partial charge in [0, 0.05) is 32.8 Å². The molecule has 1 saturated heterocycles. The molecule has 1 fully saturated rings. The Morgan fingerprint density at radius 3 is 2.95 bits per heavy atom. The van der Waals surface area contributed by atoms with E-state index < -0.39 is 0 Å². The second-order valence-corrected chi connectivity index (χ2v) is 6.28. The van der Waals surface area contributed by atoms with Crippen LogP contribution in [0.2, 0.25) is 0 Å². The largest absolute Gasteiger partial charge is 0.381 e. The van der Waals surface area contributed by atoms with Crippen LogP contribution >= 0.6 is 0 Å². The lowest BCUT2D eigenvalue weighted by atomic mass is 9.97. The predicted molar refractivity (Wildman–Crippen MR) is 81.7 cm³/mol. The van der Waals surface area contributed by atoms with E-state index in [1.807, 2.05) is 0 Å². The van der Waals surface area contributed by atoms with Gasteiger partial charge in [-0.3, -0.25) is 0 Å². The van der Waals surface area contributed by atoms with Gasteiger partial charge in [-0.25, -0.2) is 0 Å². The third-order valence-electron chi connectivity index (χ3n) is 4.52. The van der Waals surface area contributed by atoms with Crippen molar-refractivity contribution >= 4 is 0 Å². The number of rotatable bonds is 4. The van der Waals surface area contributed by atoms with Crippen molar-refractivity contribution in [2.45, 2.75) is 32.4 Å². The minimum atomic E-state index is 0.813. The van der Waals surface area contributed by atoms with Crippen LogP contribution in [0.4, 0.5) is 0 Å². The first-order valence-corrected chi connectivity index (χ1v) is 7.89. The molecule has 0 radical (unpaired) electrons. The van der Waals surface area contributed by atoms with Crippen molar-refractivity contribution in [3.8, 4) is 0 Å². The van der Waals surface area contributed by atoms with Crippen molar-refractivity contribution < 1.29 is 4.74 Å².